The number of hydrogen-bond donors (Lipinski definition) is 1. The van der Waals surface area contributed by atoms with Crippen LogP contribution in [0.2, 0.25) is 5.02 Å². The lowest BCUT2D eigenvalue weighted by molar-refractivity contribution is -0.137. The standard InChI is InChI=1S/C27H20ClF4N3O5/c1-34(10-11-40-2)24(36)14-6-9-17-21(13-14)35(25(37)22-18(27(30,31)32)4-3-5-19(22)28)33-23(17)16-8-7-15(26(38)39)12-20(16)29/h3-9,12-13H,10-11H2,1-2H3,(H,38,39). The van der Waals surface area contributed by atoms with Crippen molar-refractivity contribution in [3.05, 3.63) is 87.7 Å². The van der Waals surface area contributed by atoms with Crippen LogP contribution in [-0.4, -0.2) is 64.9 Å². The van der Waals surface area contributed by atoms with Crippen molar-refractivity contribution in [3.63, 3.8) is 0 Å². The summed E-state index contributed by atoms with van der Waals surface area (Å²) in [5.74, 6) is -4.12. The fourth-order valence-corrected chi connectivity index (χ4v) is 4.33. The van der Waals surface area contributed by atoms with Gasteiger partial charge in [-0.1, -0.05) is 17.7 Å². The summed E-state index contributed by atoms with van der Waals surface area (Å²) in [5.41, 5.74) is -2.94. The molecule has 0 radical (unpaired) electrons. The van der Waals surface area contributed by atoms with Gasteiger partial charge in [0.25, 0.3) is 11.8 Å². The smallest absolute Gasteiger partial charge is 0.417 e. The first kappa shape index (κ1) is 28.7. The summed E-state index contributed by atoms with van der Waals surface area (Å²) < 4.78 is 62.1. The Labute approximate surface area is 229 Å². The number of amides is 1. The summed E-state index contributed by atoms with van der Waals surface area (Å²) in [6.07, 6.45) is -4.94. The van der Waals surface area contributed by atoms with Gasteiger partial charge < -0.3 is 14.7 Å². The number of likely N-dealkylation sites (N-methyl/N-ethyl adjacent to an activating group) is 1. The highest BCUT2D eigenvalue weighted by molar-refractivity contribution is 6.34. The largest absolute Gasteiger partial charge is 0.478 e. The Hall–Kier alpha value is -4.29. The zero-order valence-corrected chi connectivity index (χ0v) is 21.7. The molecule has 0 aliphatic rings. The Morgan fingerprint density at radius 1 is 1.07 bits per heavy atom. The van der Waals surface area contributed by atoms with Gasteiger partial charge in [-0.3, -0.25) is 9.59 Å². The third kappa shape index (κ3) is 5.40. The van der Waals surface area contributed by atoms with Crippen LogP contribution in [0.5, 0.6) is 0 Å². The van der Waals surface area contributed by atoms with E-state index in [1.54, 1.807) is 0 Å². The molecule has 0 spiro atoms. The number of halogens is 5. The summed E-state index contributed by atoms with van der Waals surface area (Å²) in [7, 11) is 2.97. The van der Waals surface area contributed by atoms with E-state index in [1.165, 1.54) is 37.3 Å². The van der Waals surface area contributed by atoms with Gasteiger partial charge in [-0.15, -0.1) is 0 Å². The van der Waals surface area contributed by atoms with Gasteiger partial charge >= 0.3 is 12.1 Å². The Morgan fingerprint density at radius 3 is 2.40 bits per heavy atom. The van der Waals surface area contributed by atoms with Crippen LogP contribution in [0, 0.1) is 5.82 Å². The predicted octanol–water partition coefficient (Wildman–Crippen LogP) is 5.62. The molecule has 1 N–H and O–H groups in total. The van der Waals surface area contributed by atoms with E-state index in [0.29, 0.717) is 10.7 Å². The number of carbonyl (C=O) groups excluding carboxylic acids is 2. The van der Waals surface area contributed by atoms with Crippen molar-refractivity contribution in [3.8, 4) is 11.3 Å². The van der Waals surface area contributed by atoms with Crippen molar-refractivity contribution in [2.45, 2.75) is 6.18 Å². The lowest BCUT2D eigenvalue weighted by atomic mass is 10.0. The number of rotatable bonds is 7. The molecule has 1 amide bonds. The lowest BCUT2D eigenvalue weighted by Crippen LogP contribution is -2.30. The molecule has 0 fully saturated rings. The molecule has 8 nitrogen and oxygen atoms in total. The first-order chi connectivity index (χ1) is 18.8. The van der Waals surface area contributed by atoms with Gasteiger partial charge in [0.05, 0.1) is 33.8 Å². The summed E-state index contributed by atoms with van der Waals surface area (Å²) in [6, 6.07) is 9.87. The SMILES string of the molecule is COCCN(C)C(=O)c1ccc2c(-c3ccc(C(=O)O)cc3F)nn(C(=O)c3c(Cl)cccc3C(F)(F)F)c2c1. The van der Waals surface area contributed by atoms with Crippen LogP contribution in [-0.2, 0) is 10.9 Å². The number of methoxy groups -OCH3 is 1. The second kappa shape index (κ2) is 11.1. The molecule has 1 aromatic heterocycles. The number of nitrogens with zero attached hydrogens (tertiary/aromatic N) is 3. The maximum absolute atomic E-state index is 15.0. The van der Waals surface area contributed by atoms with Gasteiger partial charge in [0, 0.05) is 37.2 Å². The topological polar surface area (TPSA) is 102 Å². The highest BCUT2D eigenvalue weighted by Crippen LogP contribution is 2.37. The van der Waals surface area contributed by atoms with Crippen LogP contribution in [0.4, 0.5) is 17.6 Å². The normalized spacial score (nSPS) is 11.6. The number of benzene rings is 3. The number of carboxylic acid groups (broad SMARTS) is 1. The monoisotopic (exact) mass is 577 g/mol. The molecule has 0 saturated carbocycles. The Morgan fingerprint density at radius 2 is 1.77 bits per heavy atom. The maximum atomic E-state index is 15.0. The number of ether oxygens (including phenoxy) is 1. The van der Waals surface area contributed by atoms with Gasteiger partial charge in [-0.05, 0) is 48.5 Å². The molecule has 4 rings (SSSR count). The third-order valence-corrected chi connectivity index (χ3v) is 6.42. The zero-order valence-electron chi connectivity index (χ0n) is 20.9. The number of carboxylic acids is 1. The number of aromatic nitrogens is 2. The van der Waals surface area contributed by atoms with E-state index in [0.717, 1.165) is 30.3 Å². The molecule has 3 aromatic carbocycles. The number of alkyl halides is 3. The fraction of sp³-hybridized carbons (Fsp3) is 0.185. The van der Waals surface area contributed by atoms with E-state index in [-0.39, 0.29) is 46.4 Å². The molecule has 4 aromatic rings. The van der Waals surface area contributed by atoms with E-state index >= 15 is 4.39 Å². The zero-order chi connectivity index (χ0) is 29.4. The van der Waals surface area contributed by atoms with Gasteiger partial charge in [-0.25, -0.2) is 9.18 Å². The highest BCUT2D eigenvalue weighted by atomic mass is 35.5. The molecule has 0 aliphatic carbocycles. The van der Waals surface area contributed by atoms with E-state index in [2.05, 4.69) is 5.10 Å². The second-order valence-electron chi connectivity index (χ2n) is 8.68. The van der Waals surface area contributed by atoms with Crippen molar-refractivity contribution >= 4 is 40.3 Å². The van der Waals surface area contributed by atoms with E-state index in [9.17, 15) is 27.6 Å². The minimum Gasteiger partial charge on any atom is -0.478 e. The Bertz CT molecular complexity index is 1650. The van der Waals surface area contributed by atoms with E-state index < -0.39 is 45.9 Å². The molecule has 13 heteroatoms. The highest BCUT2D eigenvalue weighted by Gasteiger charge is 2.37. The summed E-state index contributed by atoms with van der Waals surface area (Å²) in [6.45, 7) is 0.468. The van der Waals surface area contributed by atoms with E-state index in [1.807, 2.05) is 0 Å². The molecular formula is C27H20ClF4N3O5. The molecule has 0 saturated heterocycles. The Balaban J connectivity index is 1.97. The number of carbonyl (C=O) groups is 3. The molecular weight excluding hydrogens is 558 g/mol. The molecule has 40 heavy (non-hydrogen) atoms. The van der Waals surface area contributed by atoms with E-state index in [4.69, 9.17) is 21.4 Å². The number of fused-ring (bicyclic) bond motifs is 1. The van der Waals surface area contributed by atoms with Gasteiger partial charge in [0.15, 0.2) is 0 Å². The summed E-state index contributed by atoms with van der Waals surface area (Å²) in [4.78, 5) is 39.2. The predicted molar refractivity (Wildman–Crippen MR) is 137 cm³/mol. The van der Waals surface area contributed by atoms with Crippen molar-refractivity contribution in [1.82, 2.24) is 14.7 Å². The number of hydrogen-bond acceptors (Lipinski definition) is 5. The first-order valence-corrected chi connectivity index (χ1v) is 11.9. The molecule has 0 unspecified atom stereocenters. The van der Waals surface area contributed by atoms with Crippen LogP contribution in [0.1, 0.15) is 36.6 Å². The Kier molecular flexibility index (Phi) is 7.94. The van der Waals surface area contributed by atoms with Gasteiger partial charge in [-0.2, -0.15) is 23.0 Å². The molecule has 208 valence electrons. The van der Waals surface area contributed by atoms with Crippen LogP contribution < -0.4 is 0 Å². The molecule has 0 aliphatic heterocycles. The van der Waals surface area contributed by atoms with Crippen molar-refractivity contribution in [2.24, 2.45) is 0 Å². The molecule has 1 heterocycles. The lowest BCUT2D eigenvalue weighted by Gasteiger charge is -2.17. The van der Waals surface area contributed by atoms with Crippen LogP contribution in [0.15, 0.2) is 54.6 Å². The minimum atomic E-state index is -4.94. The van der Waals surface area contributed by atoms with Crippen LogP contribution in [0.3, 0.4) is 0 Å². The van der Waals surface area contributed by atoms with Crippen LogP contribution in [0.25, 0.3) is 22.2 Å². The average molecular weight is 578 g/mol. The summed E-state index contributed by atoms with van der Waals surface area (Å²) in [5, 5.41) is 12.9. The molecule has 0 bridgehead atoms. The quantitative estimate of drug-likeness (QED) is 0.286. The first-order valence-electron chi connectivity index (χ1n) is 11.6. The minimum absolute atomic E-state index is 0.0727. The number of aromatic carboxylic acids is 1. The third-order valence-electron chi connectivity index (χ3n) is 6.10. The van der Waals surface area contributed by atoms with Gasteiger partial charge in [0.1, 0.15) is 11.5 Å². The average Bonchev–Trinajstić information content (AvgIpc) is 3.28. The second-order valence-corrected chi connectivity index (χ2v) is 9.08. The summed E-state index contributed by atoms with van der Waals surface area (Å²) >= 11 is 6.05. The van der Waals surface area contributed by atoms with Crippen molar-refractivity contribution in [1.29, 1.82) is 0 Å². The van der Waals surface area contributed by atoms with Crippen LogP contribution >= 0.6 is 11.6 Å². The maximum Gasteiger partial charge on any atom is 0.417 e. The van der Waals surface area contributed by atoms with Crippen molar-refractivity contribution < 1.29 is 41.8 Å². The van der Waals surface area contributed by atoms with Crippen molar-refractivity contribution in [2.75, 3.05) is 27.3 Å². The fourth-order valence-electron chi connectivity index (χ4n) is 4.08. The van der Waals surface area contributed by atoms with Gasteiger partial charge in [0.2, 0.25) is 0 Å². The molecule has 0 atom stereocenters.